The summed E-state index contributed by atoms with van der Waals surface area (Å²) in [5.74, 6) is -0.389. The van der Waals surface area contributed by atoms with E-state index < -0.39 is 8.80 Å². The van der Waals surface area contributed by atoms with Gasteiger partial charge in [-0.15, -0.1) is 0 Å². The van der Waals surface area contributed by atoms with Gasteiger partial charge < -0.3 is 13.3 Å². The Balaban J connectivity index is 5.04. The van der Waals surface area contributed by atoms with Crippen molar-refractivity contribution in [1.29, 1.82) is 0 Å². The maximum absolute atomic E-state index is 11.8. The lowest BCUT2D eigenvalue weighted by Crippen LogP contribution is -2.47. The number of carbonyl (C=O) groups is 2. The van der Waals surface area contributed by atoms with Crippen LogP contribution in [-0.2, 0) is 22.9 Å². The molecule has 0 radical (unpaired) electrons. The fraction of sp³-hybridized carbons (Fsp3) is 0.900. The quantitative estimate of drug-likeness (QED) is 0.168. The van der Waals surface area contributed by atoms with Crippen LogP contribution in [0.1, 0.15) is 86.0 Å². The number of rotatable bonds is 18. The molecule has 0 aromatic rings. The second kappa shape index (κ2) is 16.7. The van der Waals surface area contributed by atoms with Crippen LogP contribution < -0.4 is 0 Å². The minimum absolute atomic E-state index is 0.0904. The molecule has 0 aliphatic heterocycles. The first-order valence-corrected chi connectivity index (χ1v) is 13.4. The molecular formula is C20H40O5SSi. The minimum atomic E-state index is -2.77. The predicted molar refractivity (Wildman–Crippen MR) is 115 cm³/mol. The number of carbonyl (C=O) groups excluding carboxylic acids is 2. The van der Waals surface area contributed by atoms with Gasteiger partial charge in [0.2, 0.25) is 5.78 Å². The van der Waals surface area contributed by atoms with E-state index in [2.05, 4.69) is 20.8 Å². The van der Waals surface area contributed by atoms with Gasteiger partial charge in [0.25, 0.3) is 5.12 Å². The molecule has 0 aliphatic rings. The molecular weight excluding hydrogens is 380 g/mol. The van der Waals surface area contributed by atoms with Gasteiger partial charge in [0.05, 0.1) is 0 Å². The van der Waals surface area contributed by atoms with Crippen LogP contribution in [0.2, 0.25) is 6.04 Å². The summed E-state index contributed by atoms with van der Waals surface area (Å²) in [5.41, 5.74) is 0. The number of hydrogen-bond acceptors (Lipinski definition) is 6. The molecule has 0 saturated carbocycles. The van der Waals surface area contributed by atoms with E-state index in [9.17, 15) is 9.59 Å². The van der Waals surface area contributed by atoms with Crippen LogP contribution in [-0.4, -0.2) is 44.8 Å². The smallest absolute Gasteiger partial charge is 0.373 e. The van der Waals surface area contributed by atoms with Crippen molar-refractivity contribution < 1.29 is 22.9 Å². The largest absolute Gasteiger partial charge is 0.500 e. The summed E-state index contributed by atoms with van der Waals surface area (Å²) < 4.78 is 18.7. The molecule has 160 valence electrons. The fourth-order valence-corrected chi connectivity index (χ4v) is 6.21. The zero-order valence-electron chi connectivity index (χ0n) is 18.0. The SMILES string of the molecule is CCCCO[Si](CCC(CC)SC(=O)C(C)=O)(OCCCC)OCCCC. The highest BCUT2D eigenvalue weighted by Crippen LogP contribution is 2.27. The van der Waals surface area contributed by atoms with Crippen molar-refractivity contribution in [1.82, 2.24) is 0 Å². The highest BCUT2D eigenvalue weighted by atomic mass is 32.2. The first kappa shape index (κ1) is 26.8. The molecule has 0 spiro atoms. The Morgan fingerprint density at radius 2 is 1.30 bits per heavy atom. The van der Waals surface area contributed by atoms with Gasteiger partial charge >= 0.3 is 8.80 Å². The Hall–Kier alpha value is -0.213. The Morgan fingerprint density at radius 1 is 0.852 bits per heavy atom. The molecule has 0 heterocycles. The molecule has 0 aromatic heterocycles. The van der Waals surface area contributed by atoms with Crippen molar-refractivity contribution in [2.24, 2.45) is 0 Å². The van der Waals surface area contributed by atoms with E-state index in [-0.39, 0.29) is 16.1 Å². The number of thioether (sulfide) groups is 1. The first-order chi connectivity index (χ1) is 12.9. The molecule has 0 N–H and O–H groups in total. The van der Waals surface area contributed by atoms with Gasteiger partial charge in [0, 0.05) is 38.0 Å². The standard InChI is InChI=1S/C20H40O5SSi/c1-6-10-14-23-27(24-15-11-7-2,25-16-12-8-3)17-13-19(9-4)26-20(22)18(5)21/h19H,6-17H2,1-5H3. The van der Waals surface area contributed by atoms with E-state index >= 15 is 0 Å². The van der Waals surface area contributed by atoms with E-state index in [1.807, 2.05) is 6.92 Å². The summed E-state index contributed by atoms with van der Waals surface area (Å²) in [5, 5.41) is -0.271. The average molecular weight is 421 g/mol. The number of Topliss-reactive ketones (excluding diaryl/α,β-unsaturated/α-hetero) is 1. The van der Waals surface area contributed by atoms with Crippen LogP contribution in [0, 0.1) is 0 Å². The Bertz CT molecular complexity index is 379. The van der Waals surface area contributed by atoms with Crippen molar-refractivity contribution in [2.75, 3.05) is 19.8 Å². The zero-order chi connectivity index (χ0) is 20.5. The lowest BCUT2D eigenvalue weighted by Gasteiger charge is -2.31. The third-order valence-electron chi connectivity index (χ3n) is 4.25. The molecule has 0 fully saturated rings. The lowest BCUT2D eigenvalue weighted by atomic mass is 10.3. The molecule has 0 amide bonds. The lowest BCUT2D eigenvalue weighted by molar-refractivity contribution is -0.130. The van der Waals surface area contributed by atoms with Crippen molar-refractivity contribution in [3.63, 3.8) is 0 Å². The van der Waals surface area contributed by atoms with Gasteiger partial charge in [-0.05, 0) is 32.1 Å². The van der Waals surface area contributed by atoms with Gasteiger partial charge in [0.1, 0.15) is 0 Å². The van der Waals surface area contributed by atoms with E-state index in [0.717, 1.165) is 63.1 Å². The molecule has 27 heavy (non-hydrogen) atoms. The van der Waals surface area contributed by atoms with E-state index in [4.69, 9.17) is 13.3 Å². The Labute approximate surface area is 171 Å². The minimum Gasteiger partial charge on any atom is -0.373 e. The Kier molecular flexibility index (Phi) is 16.6. The maximum atomic E-state index is 11.8. The van der Waals surface area contributed by atoms with Crippen LogP contribution in [0.3, 0.4) is 0 Å². The van der Waals surface area contributed by atoms with Crippen molar-refractivity contribution in [3.8, 4) is 0 Å². The van der Waals surface area contributed by atoms with Gasteiger partial charge in [-0.3, -0.25) is 9.59 Å². The summed E-state index contributed by atoms with van der Waals surface area (Å²) in [6, 6.07) is 0.695. The van der Waals surface area contributed by atoms with Crippen LogP contribution in [0.4, 0.5) is 0 Å². The molecule has 5 nitrogen and oxygen atoms in total. The fourth-order valence-electron chi connectivity index (χ4n) is 2.38. The van der Waals surface area contributed by atoms with Crippen LogP contribution in [0.5, 0.6) is 0 Å². The molecule has 0 bridgehead atoms. The molecule has 0 rings (SSSR count). The van der Waals surface area contributed by atoms with Crippen LogP contribution in [0.25, 0.3) is 0 Å². The molecule has 1 atom stereocenters. The third-order valence-corrected chi connectivity index (χ3v) is 8.49. The van der Waals surface area contributed by atoms with Crippen molar-refractivity contribution in [2.45, 2.75) is 97.3 Å². The highest BCUT2D eigenvalue weighted by molar-refractivity contribution is 8.15. The van der Waals surface area contributed by atoms with E-state index in [1.54, 1.807) is 0 Å². The summed E-state index contributed by atoms with van der Waals surface area (Å²) in [6.45, 7) is 11.7. The summed E-state index contributed by atoms with van der Waals surface area (Å²) in [7, 11) is -2.77. The van der Waals surface area contributed by atoms with Gasteiger partial charge in [-0.2, -0.15) is 0 Å². The second-order valence-electron chi connectivity index (χ2n) is 6.82. The van der Waals surface area contributed by atoms with Crippen molar-refractivity contribution >= 4 is 31.5 Å². The first-order valence-electron chi connectivity index (χ1n) is 10.6. The molecule has 0 aromatic carbocycles. The Morgan fingerprint density at radius 3 is 1.63 bits per heavy atom. The second-order valence-corrected chi connectivity index (χ2v) is 10.8. The normalized spacial score (nSPS) is 12.9. The van der Waals surface area contributed by atoms with Gasteiger partial charge in [0.15, 0.2) is 0 Å². The molecule has 0 aliphatic carbocycles. The third kappa shape index (κ3) is 12.8. The zero-order valence-corrected chi connectivity index (χ0v) is 19.8. The number of ketones is 1. The highest BCUT2D eigenvalue weighted by Gasteiger charge is 2.41. The van der Waals surface area contributed by atoms with Gasteiger partial charge in [-0.1, -0.05) is 58.7 Å². The molecule has 1 unspecified atom stereocenters. The average Bonchev–Trinajstić information content (AvgIpc) is 2.65. The van der Waals surface area contributed by atoms with E-state index in [0.29, 0.717) is 25.9 Å². The number of hydrogen-bond donors (Lipinski definition) is 0. The van der Waals surface area contributed by atoms with E-state index in [1.165, 1.54) is 6.92 Å². The molecule has 0 saturated heterocycles. The summed E-state index contributed by atoms with van der Waals surface area (Å²) in [6.07, 6.45) is 7.73. The maximum Gasteiger partial charge on any atom is 0.500 e. The summed E-state index contributed by atoms with van der Waals surface area (Å²) in [4.78, 5) is 23.1. The predicted octanol–water partition coefficient (Wildman–Crippen LogP) is 5.39. The molecule has 7 heteroatoms. The summed E-state index contributed by atoms with van der Waals surface area (Å²) >= 11 is 1.15. The monoisotopic (exact) mass is 420 g/mol. The van der Waals surface area contributed by atoms with Crippen LogP contribution in [0.15, 0.2) is 0 Å². The topological polar surface area (TPSA) is 61.8 Å². The number of unbranched alkanes of at least 4 members (excludes halogenated alkanes) is 3. The van der Waals surface area contributed by atoms with Crippen molar-refractivity contribution in [3.05, 3.63) is 0 Å². The van der Waals surface area contributed by atoms with Crippen LogP contribution >= 0.6 is 11.8 Å². The van der Waals surface area contributed by atoms with Gasteiger partial charge in [-0.25, -0.2) is 0 Å².